The molecule has 1 amide bonds. The number of unbranched alkanes of at least 4 members (excludes halogenated alkanes) is 28. The SMILES string of the molecule is CCCCC/C=C\C/C=C\C/C=C\CCCCCCCCC(=O)OC(CCCCCC/C=C\C/C=C\C/C=C\CCCCC)CC(=O)NC(CO)C(O)CCCCCCCCCCCCCCC. The van der Waals surface area contributed by atoms with Gasteiger partial charge in [0, 0.05) is 6.42 Å². The molecule has 0 aliphatic rings. The molecule has 0 aliphatic heterocycles. The fourth-order valence-corrected chi connectivity index (χ4v) is 8.56. The third kappa shape index (κ3) is 49.7. The molecule has 6 nitrogen and oxygen atoms in total. The van der Waals surface area contributed by atoms with E-state index < -0.39 is 18.2 Å². The summed E-state index contributed by atoms with van der Waals surface area (Å²) in [5.74, 6) is -0.506. The molecule has 0 aliphatic carbocycles. The summed E-state index contributed by atoms with van der Waals surface area (Å²) < 4.78 is 5.95. The molecule has 6 heteroatoms. The average Bonchev–Trinajstić information content (AvgIpc) is 3.33. The Morgan fingerprint density at radius 3 is 1.16 bits per heavy atom. The summed E-state index contributed by atoms with van der Waals surface area (Å²) in [6.07, 6.45) is 71.0. The van der Waals surface area contributed by atoms with E-state index in [1.54, 1.807) is 0 Å². The van der Waals surface area contributed by atoms with Crippen molar-refractivity contribution in [1.29, 1.82) is 0 Å². The number of hydrogen-bond donors (Lipinski definition) is 3. The minimum atomic E-state index is -0.800. The molecule has 0 radical (unpaired) electrons. The Balaban J connectivity index is 4.64. The minimum Gasteiger partial charge on any atom is -0.462 e. The van der Waals surface area contributed by atoms with Gasteiger partial charge < -0.3 is 20.3 Å². The molecule has 3 atom stereocenters. The Labute approximate surface area is 421 Å². The van der Waals surface area contributed by atoms with Crippen LogP contribution in [-0.4, -0.2) is 46.9 Å². The summed E-state index contributed by atoms with van der Waals surface area (Å²) >= 11 is 0. The lowest BCUT2D eigenvalue weighted by Gasteiger charge is -2.24. The fraction of sp³-hybridized carbons (Fsp3) is 0.774. The summed E-state index contributed by atoms with van der Waals surface area (Å²) in [7, 11) is 0. The molecular formula is C62H111NO5. The van der Waals surface area contributed by atoms with E-state index in [-0.39, 0.29) is 24.9 Å². The monoisotopic (exact) mass is 950 g/mol. The summed E-state index contributed by atoms with van der Waals surface area (Å²) in [6.45, 7) is 6.44. The summed E-state index contributed by atoms with van der Waals surface area (Å²) in [5, 5.41) is 23.9. The largest absolute Gasteiger partial charge is 0.462 e. The molecule has 3 unspecified atom stereocenters. The topological polar surface area (TPSA) is 95.9 Å². The second-order valence-corrected chi connectivity index (χ2v) is 19.7. The summed E-state index contributed by atoms with van der Waals surface area (Å²) in [4.78, 5) is 26.3. The van der Waals surface area contributed by atoms with Crippen LogP contribution in [0.15, 0.2) is 72.9 Å². The molecule has 0 spiro atoms. The quantitative estimate of drug-likeness (QED) is 0.0321. The molecule has 394 valence electrons. The zero-order valence-electron chi connectivity index (χ0n) is 45.0. The number of ether oxygens (including phenoxy) is 1. The molecule has 0 saturated carbocycles. The Hall–Kier alpha value is -2.70. The average molecular weight is 951 g/mol. The van der Waals surface area contributed by atoms with E-state index >= 15 is 0 Å². The normalized spacial score (nSPS) is 13.7. The van der Waals surface area contributed by atoms with Crippen molar-refractivity contribution in [3.63, 3.8) is 0 Å². The number of esters is 1. The van der Waals surface area contributed by atoms with Crippen molar-refractivity contribution in [2.24, 2.45) is 0 Å². The molecule has 0 fully saturated rings. The van der Waals surface area contributed by atoms with E-state index in [1.807, 2.05) is 0 Å². The van der Waals surface area contributed by atoms with Crippen molar-refractivity contribution in [1.82, 2.24) is 5.32 Å². The maximum Gasteiger partial charge on any atom is 0.306 e. The highest BCUT2D eigenvalue weighted by Gasteiger charge is 2.24. The van der Waals surface area contributed by atoms with E-state index in [9.17, 15) is 19.8 Å². The van der Waals surface area contributed by atoms with Crippen LogP contribution in [0.2, 0.25) is 0 Å². The number of nitrogens with one attached hydrogen (secondary N) is 1. The highest BCUT2D eigenvalue weighted by atomic mass is 16.5. The lowest BCUT2D eigenvalue weighted by atomic mass is 10.0. The standard InChI is InChI=1S/C62H111NO5/c1-4-7-10-13-16-19-22-25-27-29-30-32-34-37-40-43-46-49-52-55-62(67)68-58(53-50-47-44-41-38-36-33-31-28-26-23-20-17-14-11-8-5-2)56-61(66)63-59(57-64)60(65)54-51-48-45-42-39-35-24-21-18-15-12-9-6-3/h16-17,19-20,25-28,30,32-33,36,58-60,64-65H,4-15,18,21-24,29,31,34-35,37-57H2,1-3H3,(H,63,66)/b19-16-,20-17-,27-25-,28-26-,32-30-,36-33-. The smallest absolute Gasteiger partial charge is 0.306 e. The summed E-state index contributed by atoms with van der Waals surface area (Å²) in [6, 6.07) is -0.715. The molecule has 3 N–H and O–H groups in total. The number of carbonyl (C=O) groups is 2. The highest BCUT2D eigenvalue weighted by molar-refractivity contribution is 5.77. The van der Waals surface area contributed by atoms with Gasteiger partial charge in [-0.2, -0.15) is 0 Å². The van der Waals surface area contributed by atoms with Crippen LogP contribution >= 0.6 is 0 Å². The maximum atomic E-state index is 13.3. The Morgan fingerprint density at radius 1 is 0.426 bits per heavy atom. The first kappa shape index (κ1) is 65.3. The molecule has 0 rings (SSSR count). The van der Waals surface area contributed by atoms with Gasteiger partial charge in [0.25, 0.3) is 0 Å². The lowest BCUT2D eigenvalue weighted by Crippen LogP contribution is -2.46. The van der Waals surface area contributed by atoms with Crippen LogP contribution in [0.3, 0.4) is 0 Å². The molecule has 0 aromatic heterocycles. The van der Waals surface area contributed by atoms with E-state index in [1.165, 1.54) is 135 Å². The van der Waals surface area contributed by atoms with Gasteiger partial charge in [-0.15, -0.1) is 0 Å². The second-order valence-electron chi connectivity index (χ2n) is 19.7. The van der Waals surface area contributed by atoms with E-state index in [0.717, 1.165) is 103 Å². The first-order chi connectivity index (χ1) is 33.5. The predicted molar refractivity (Wildman–Crippen MR) is 296 cm³/mol. The van der Waals surface area contributed by atoms with Gasteiger partial charge in [0.15, 0.2) is 0 Å². The van der Waals surface area contributed by atoms with Crippen molar-refractivity contribution in [2.75, 3.05) is 6.61 Å². The van der Waals surface area contributed by atoms with Crippen LogP contribution in [-0.2, 0) is 14.3 Å². The van der Waals surface area contributed by atoms with Crippen molar-refractivity contribution >= 4 is 11.9 Å². The zero-order valence-corrected chi connectivity index (χ0v) is 45.0. The van der Waals surface area contributed by atoms with Gasteiger partial charge in [-0.3, -0.25) is 9.59 Å². The van der Waals surface area contributed by atoms with Gasteiger partial charge in [-0.1, -0.05) is 241 Å². The first-order valence-corrected chi connectivity index (χ1v) is 29.2. The maximum absolute atomic E-state index is 13.3. The Morgan fingerprint density at radius 2 is 0.750 bits per heavy atom. The van der Waals surface area contributed by atoms with Gasteiger partial charge >= 0.3 is 5.97 Å². The number of carbonyl (C=O) groups excluding carboxylic acids is 2. The van der Waals surface area contributed by atoms with Gasteiger partial charge in [-0.05, 0) is 103 Å². The van der Waals surface area contributed by atoms with Gasteiger partial charge in [0.05, 0.1) is 25.2 Å². The molecule has 0 aromatic rings. The number of amides is 1. The first-order valence-electron chi connectivity index (χ1n) is 29.2. The van der Waals surface area contributed by atoms with E-state index in [2.05, 4.69) is 99.0 Å². The number of hydrogen-bond acceptors (Lipinski definition) is 5. The van der Waals surface area contributed by atoms with Crippen molar-refractivity contribution < 1.29 is 24.5 Å². The number of aliphatic hydroxyl groups excluding tert-OH is 2. The van der Waals surface area contributed by atoms with Crippen LogP contribution in [0.1, 0.15) is 284 Å². The van der Waals surface area contributed by atoms with Crippen LogP contribution in [0.4, 0.5) is 0 Å². The van der Waals surface area contributed by atoms with Crippen LogP contribution < -0.4 is 5.32 Å². The molecule has 68 heavy (non-hydrogen) atoms. The Kier molecular flexibility index (Phi) is 53.0. The third-order valence-electron chi connectivity index (χ3n) is 13.0. The number of aliphatic hydroxyl groups is 2. The van der Waals surface area contributed by atoms with E-state index in [0.29, 0.717) is 19.3 Å². The molecule has 0 saturated heterocycles. The van der Waals surface area contributed by atoms with Crippen LogP contribution in [0.5, 0.6) is 0 Å². The highest BCUT2D eigenvalue weighted by Crippen LogP contribution is 2.18. The minimum absolute atomic E-state index is 0.0554. The second kappa shape index (κ2) is 55.2. The van der Waals surface area contributed by atoms with Gasteiger partial charge in [0.1, 0.15) is 6.10 Å². The van der Waals surface area contributed by atoms with E-state index in [4.69, 9.17) is 4.74 Å². The lowest BCUT2D eigenvalue weighted by molar-refractivity contribution is -0.151. The molecule has 0 bridgehead atoms. The number of allylic oxidation sites excluding steroid dienone is 12. The van der Waals surface area contributed by atoms with Crippen LogP contribution in [0, 0.1) is 0 Å². The molecule has 0 heterocycles. The predicted octanol–water partition coefficient (Wildman–Crippen LogP) is 18.1. The van der Waals surface area contributed by atoms with Crippen LogP contribution in [0.25, 0.3) is 0 Å². The zero-order chi connectivity index (χ0) is 49.5. The van der Waals surface area contributed by atoms with Gasteiger partial charge in [0.2, 0.25) is 5.91 Å². The summed E-state index contributed by atoms with van der Waals surface area (Å²) in [5.41, 5.74) is 0. The van der Waals surface area contributed by atoms with Crippen molar-refractivity contribution in [3.8, 4) is 0 Å². The number of rotatable bonds is 52. The fourth-order valence-electron chi connectivity index (χ4n) is 8.56. The Bertz CT molecular complexity index is 1250. The van der Waals surface area contributed by atoms with Crippen molar-refractivity contribution in [3.05, 3.63) is 72.9 Å². The van der Waals surface area contributed by atoms with Gasteiger partial charge in [-0.25, -0.2) is 0 Å². The third-order valence-corrected chi connectivity index (χ3v) is 13.0. The molecule has 0 aromatic carbocycles. The van der Waals surface area contributed by atoms with Crippen molar-refractivity contribution in [2.45, 2.75) is 302 Å². The molecular weight excluding hydrogens is 839 g/mol.